The van der Waals surface area contributed by atoms with Crippen molar-refractivity contribution in [2.45, 2.75) is 0 Å². The van der Waals surface area contributed by atoms with Gasteiger partial charge in [0, 0.05) is 41.4 Å². The van der Waals surface area contributed by atoms with Gasteiger partial charge in [-0.15, -0.1) is 0 Å². The zero-order valence-corrected chi connectivity index (χ0v) is 12.2. The van der Waals surface area contributed by atoms with Crippen molar-refractivity contribution in [3.05, 3.63) is 0 Å². The normalized spacial score (nSPS) is 9.67. The van der Waals surface area contributed by atoms with Crippen molar-refractivity contribution in [3.8, 4) is 0 Å². The van der Waals surface area contributed by atoms with Crippen LogP contribution in [0.1, 0.15) is 0 Å². The maximum Gasteiger partial charge on any atom is 0.0698 e. The number of rotatable bonds is 10. The third kappa shape index (κ3) is 21.7. The Morgan fingerprint density at radius 2 is 0.944 bits per heavy atom. The minimum absolute atomic E-state index is 0. The van der Waals surface area contributed by atoms with Gasteiger partial charge >= 0.3 is 0 Å². The van der Waals surface area contributed by atoms with E-state index in [0.717, 1.165) is 0 Å². The smallest absolute Gasteiger partial charge is 0.0698 e. The van der Waals surface area contributed by atoms with Gasteiger partial charge in [-0.25, -0.2) is 0 Å². The van der Waals surface area contributed by atoms with Crippen LogP contribution in [0, 0.1) is 0 Å². The molecule has 0 aromatic heterocycles. The summed E-state index contributed by atoms with van der Waals surface area (Å²) in [6.07, 6.45) is 0. The van der Waals surface area contributed by atoms with Crippen molar-refractivity contribution in [2.75, 3.05) is 65.9 Å². The number of aliphatic hydroxyl groups is 5. The summed E-state index contributed by atoms with van der Waals surface area (Å²) in [5.74, 6) is 0. The Labute approximate surface area is 123 Å². The van der Waals surface area contributed by atoms with E-state index in [4.69, 9.17) is 25.5 Å². The van der Waals surface area contributed by atoms with Gasteiger partial charge in [0.25, 0.3) is 0 Å². The molecule has 0 aromatic rings. The van der Waals surface area contributed by atoms with Crippen molar-refractivity contribution in [1.82, 2.24) is 4.90 Å². The van der Waals surface area contributed by atoms with E-state index in [-0.39, 0.29) is 54.8 Å². The van der Waals surface area contributed by atoms with Gasteiger partial charge in [-0.05, 0) is 0 Å². The molecule has 0 rings (SSSR count). The van der Waals surface area contributed by atoms with Crippen LogP contribution in [-0.4, -0.2) is 96.3 Å². The molecule has 18 heavy (non-hydrogen) atoms. The molecule has 0 aliphatic heterocycles. The summed E-state index contributed by atoms with van der Waals surface area (Å²) < 4.78 is 4.63. The first-order chi connectivity index (χ1) is 8.26. The van der Waals surface area contributed by atoms with Gasteiger partial charge in [-0.3, -0.25) is 4.90 Å². The van der Waals surface area contributed by atoms with Crippen molar-refractivity contribution >= 4 is 0 Å². The second-order valence-corrected chi connectivity index (χ2v) is 3.07. The largest absolute Gasteiger partial charge is 0.395 e. The molecule has 0 fully saturated rings. The van der Waals surface area contributed by atoms with Crippen molar-refractivity contribution in [2.24, 2.45) is 0 Å². The topological polar surface area (TPSA) is 114 Å². The Kier molecular flexibility index (Phi) is 29.5. The minimum Gasteiger partial charge on any atom is -0.395 e. The summed E-state index contributed by atoms with van der Waals surface area (Å²) >= 11 is 0. The molecule has 0 saturated carbocycles. The van der Waals surface area contributed by atoms with Crippen LogP contribution in [0.15, 0.2) is 0 Å². The monoisotopic (exact) mass is 303 g/mol. The summed E-state index contributed by atoms with van der Waals surface area (Å²) in [6.45, 7) is 2.45. The predicted octanol–water partition coefficient (Wildman–Crippen LogP) is -2.75. The van der Waals surface area contributed by atoms with E-state index in [1.807, 2.05) is 0 Å². The second-order valence-electron chi connectivity index (χ2n) is 3.07. The third-order valence-corrected chi connectivity index (χ3v) is 1.72. The number of aliphatic hydroxyl groups excluding tert-OH is 5. The third-order valence-electron chi connectivity index (χ3n) is 1.72. The quantitative estimate of drug-likeness (QED) is 0.220. The maximum atomic E-state index is 8.48. The zero-order valence-electron chi connectivity index (χ0n) is 10.7. The molecule has 8 heteroatoms. The van der Waals surface area contributed by atoms with Crippen molar-refractivity contribution in [1.29, 1.82) is 0 Å². The van der Waals surface area contributed by atoms with Crippen LogP contribution >= 0.6 is 0 Å². The molecule has 0 aliphatic rings. The van der Waals surface area contributed by atoms with Gasteiger partial charge in [0.05, 0.1) is 46.2 Å². The van der Waals surface area contributed by atoms with E-state index < -0.39 is 0 Å². The van der Waals surface area contributed by atoms with E-state index >= 15 is 0 Å². The van der Waals surface area contributed by atoms with E-state index in [1.165, 1.54) is 0 Å². The summed E-state index contributed by atoms with van der Waals surface area (Å²) in [4.78, 5) is 1.79. The average Bonchev–Trinajstić information content (AvgIpc) is 2.32. The fraction of sp³-hybridized carbons (Fsp3) is 1.00. The summed E-state index contributed by atoms with van der Waals surface area (Å²) in [5.41, 5.74) is 0. The van der Waals surface area contributed by atoms with Crippen LogP contribution < -0.4 is 0 Å². The first kappa shape index (κ1) is 23.5. The van der Waals surface area contributed by atoms with Crippen LogP contribution in [0.4, 0.5) is 0 Å². The molecule has 0 atom stereocenters. The SMILES string of the molecule is OCCN(CCO)CCO.OCCOCCO.[Ti]. The van der Waals surface area contributed by atoms with Gasteiger partial charge in [0.15, 0.2) is 0 Å². The standard InChI is InChI=1S/C6H15NO3.C4H10O3.Ti/c8-4-1-7(2-5-9)3-6-10;5-1-3-7-4-2-6;/h8-10H,1-6H2;5-6H,1-4H2;. The molecule has 0 unspecified atom stereocenters. The first-order valence-corrected chi connectivity index (χ1v) is 5.61. The Morgan fingerprint density at radius 3 is 1.17 bits per heavy atom. The van der Waals surface area contributed by atoms with E-state index in [1.54, 1.807) is 4.90 Å². The summed E-state index contributed by atoms with van der Waals surface area (Å²) in [6, 6.07) is 0. The molecule has 0 spiro atoms. The molecular weight excluding hydrogens is 278 g/mol. The Balaban J connectivity index is -0.000000251. The Hall–Kier alpha value is 0.434. The van der Waals surface area contributed by atoms with Gasteiger partial charge in [-0.2, -0.15) is 0 Å². The molecule has 7 nitrogen and oxygen atoms in total. The van der Waals surface area contributed by atoms with Crippen LogP contribution in [0.25, 0.3) is 0 Å². The van der Waals surface area contributed by atoms with Crippen molar-refractivity contribution in [3.63, 3.8) is 0 Å². The Morgan fingerprint density at radius 1 is 0.611 bits per heavy atom. The number of ether oxygens (including phenoxy) is 1. The van der Waals surface area contributed by atoms with Gasteiger partial charge in [-0.1, -0.05) is 0 Å². The molecule has 0 bridgehead atoms. The van der Waals surface area contributed by atoms with Crippen LogP contribution in [-0.2, 0) is 26.5 Å². The number of hydrogen-bond acceptors (Lipinski definition) is 7. The number of hydrogen-bond donors (Lipinski definition) is 5. The van der Waals surface area contributed by atoms with E-state index in [2.05, 4.69) is 4.74 Å². The van der Waals surface area contributed by atoms with Crippen LogP contribution in [0.5, 0.6) is 0 Å². The van der Waals surface area contributed by atoms with Gasteiger partial charge < -0.3 is 30.3 Å². The molecule has 0 amide bonds. The van der Waals surface area contributed by atoms with Crippen LogP contribution in [0.2, 0.25) is 0 Å². The first-order valence-electron chi connectivity index (χ1n) is 5.61. The van der Waals surface area contributed by atoms with Crippen LogP contribution in [0.3, 0.4) is 0 Å². The molecule has 110 valence electrons. The zero-order chi connectivity index (χ0) is 13.4. The molecule has 0 aromatic carbocycles. The molecule has 0 saturated heterocycles. The van der Waals surface area contributed by atoms with E-state index in [9.17, 15) is 0 Å². The maximum absolute atomic E-state index is 8.48. The molecule has 5 N–H and O–H groups in total. The van der Waals surface area contributed by atoms with Gasteiger partial charge in [0.2, 0.25) is 0 Å². The molecule has 0 radical (unpaired) electrons. The molecule has 0 heterocycles. The summed E-state index contributed by atoms with van der Waals surface area (Å²) in [5, 5.41) is 41.6. The van der Waals surface area contributed by atoms with Crippen molar-refractivity contribution < 1.29 is 52.0 Å². The second kappa shape index (κ2) is 22.6. The number of nitrogens with zero attached hydrogens (tertiary/aromatic N) is 1. The fourth-order valence-corrected chi connectivity index (χ4v) is 0.991. The molecular formula is C10H25NO6Ti. The Bertz CT molecular complexity index is 115. The minimum atomic E-state index is 0. The molecule has 0 aliphatic carbocycles. The summed E-state index contributed by atoms with van der Waals surface area (Å²) in [7, 11) is 0. The van der Waals surface area contributed by atoms with Gasteiger partial charge in [0.1, 0.15) is 0 Å². The average molecular weight is 303 g/mol. The fourth-order valence-electron chi connectivity index (χ4n) is 0.991. The predicted molar refractivity (Wildman–Crippen MR) is 62.7 cm³/mol. The van der Waals surface area contributed by atoms with E-state index in [0.29, 0.717) is 32.8 Å².